The smallest absolute Gasteiger partial charge is 0.335 e. The SMILES string of the molecule is Cn1cc(-c2csc(-c3cccc(C(=O)O)c3)n2)cn1. The zero-order valence-corrected chi connectivity index (χ0v) is 11.5. The molecule has 0 radical (unpaired) electrons. The number of carboxylic acid groups (broad SMARTS) is 1. The number of nitrogens with zero attached hydrogens (tertiary/aromatic N) is 3. The van der Waals surface area contributed by atoms with Crippen molar-refractivity contribution >= 4 is 17.3 Å². The fourth-order valence-corrected chi connectivity index (χ4v) is 2.70. The molecular formula is C14H11N3O2S. The van der Waals surface area contributed by atoms with Gasteiger partial charge in [0.1, 0.15) is 5.01 Å². The van der Waals surface area contributed by atoms with Crippen LogP contribution in [0.15, 0.2) is 42.0 Å². The van der Waals surface area contributed by atoms with Crippen LogP contribution in [0.2, 0.25) is 0 Å². The summed E-state index contributed by atoms with van der Waals surface area (Å²) >= 11 is 1.49. The van der Waals surface area contributed by atoms with Crippen LogP contribution >= 0.6 is 11.3 Å². The van der Waals surface area contributed by atoms with Gasteiger partial charge in [-0.25, -0.2) is 9.78 Å². The third-order valence-corrected chi connectivity index (χ3v) is 3.75. The summed E-state index contributed by atoms with van der Waals surface area (Å²) in [7, 11) is 1.85. The minimum absolute atomic E-state index is 0.264. The highest BCUT2D eigenvalue weighted by Gasteiger charge is 2.10. The van der Waals surface area contributed by atoms with E-state index in [0.29, 0.717) is 0 Å². The molecule has 3 rings (SSSR count). The van der Waals surface area contributed by atoms with Gasteiger partial charge in [0.05, 0.1) is 17.5 Å². The maximum absolute atomic E-state index is 11.0. The highest BCUT2D eigenvalue weighted by molar-refractivity contribution is 7.13. The van der Waals surface area contributed by atoms with Crippen molar-refractivity contribution in [3.05, 3.63) is 47.6 Å². The molecule has 0 unspecified atom stereocenters. The lowest BCUT2D eigenvalue weighted by Crippen LogP contribution is -1.95. The molecule has 6 heteroatoms. The van der Waals surface area contributed by atoms with Gasteiger partial charge in [-0.1, -0.05) is 12.1 Å². The molecule has 0 spiro atoms. The zero-order valence-electron chi connectivity index (χ0n) is 10.6. The molecule has 1 N–H and O–H groups in total. The number of aromatic carboxylic acids is 1. The molecule has 1 aromatic carbocycles. The van der Waals surface area contributed by atoms with E-state index in [9.17, 15) is 4.79 Å². The normalized spacial score (nSPS) is 10.7. The van der Waals surface area contributed by atoms with Crippen molar-refractivity contribution in [1.82, 2.24) is 14.8 Å². The topological polar surface area (TPSA) is 68.0 Å². The molecule has 0 bridgehead atoms. The van der Waals surface area contributed by atoms with Gasteiger partial charge in [-0.15, -0.1) is 11.3 Å². The summed E-state index contributed by atoms with van der Waals surface area (Å²) in [4.78, 5) is 15.5. The van der Waals surface area contributed by atoms with E-state index in [0.717, 1.165) is 21.8 Å². The molecule has 5 nitrogen and oxygen atoms in total. The van der Waals surface area contributed by atoms with E-state index in [4.69, 9.17) is 5.11 Å². The molecule has 100 valence electrons. The maximum Gasteiger partial charge on any atom is 0.335 e. The van der Waals surface area contributed by atoms with Crippen molar-refractivity contribution in [3.63, 3.8) is 0 Å². The number of carbonyl (C=O) groups is 1. The van der Waals surface area contributed by atoms with Crippen LogP contribution in [0.25, 0.3) is 21.8 Å². The largest absolute Gasteiger partial charge is 0.478 e. The molecule has 0 aliphatic rings. The molecule has 20 heavy (non-hydrogen) atoms. The third kappa shape index (κ3) is 2.33. The maximum atomic E-state index is 11.0. The van der Waals surface area contributed by atoms with Gasteiger partial charge in [0.25, 0.3) is 0 Å². The number of hydrogen-bond acceptors (Lipinski definition) is 4. The van der Waals surface area contributed by atoms with Gasteiger partial charge in [0, 0.05) is 29.8 Å². The number of aromatic nitrogens is 3. The van der Waals surface area contributed by atoms with Gasteiger partial charge >= 0.3 is 5.97 Å². The first-order valence-corrected chi connectivity index (χ1v) is 6.80. The van der Waals surface area contributed by atoms with E-state index in [1.165, 1.54) is 11.3 Å². The molecule has 0 atom stereocenters. The first-order valence-electron chi connectivity index (χ1n) is 5.92. The van der Waals surface area contributed by atoms with E-state index in [-0.39, 0.29) is 5.56 Å². The van der Waals surface area contributed by atoms with Crippen molar-refractivity contribution in [2.45, 2.75) is 0 Å². The summed E-state index contributed by atoms with van der Waals surface area (Å²) in [6.07, 6.45) is 3.65. The van der Waals surface area contributed by atoms with Gasteiger partial charge in [-0.3, -0.25) is 4.68 Å². The van der Waals surface area contributed by atoms with Crippen molar-refractivity contribution < 1.29 is 9.90 Å². The van der Waals surface area contributed by atoms with Gasteiger partial charge in [0.2, 0.25) is 0 Å². The summed E-state index contributed by atoms with van der Waals surface area (Å²) in [6, 6.07) is 6.79. The van der Waals surface area contributed by atoms with Crippen LogP contribution in [0.5, 0.6) is 0 Å². The summed E-state index contributed by atoms with van der Waals surface area (Å²) in [5.41, 5.74) is 2.87. The molecule has 0 aliphatic carbocycles. The van der Waals surface area contributed by atoms with Crippen molar-refractivity contribution in [2.75, 3.05) is 0 Å². The fraction of sp³-hybridized carbons (Fsp3) is 0.0714. The number of carboxylic acids is 1. The standard InChI is InChI=1S/C14H11N3O2S/c1-17-7-11(6-15-17)12-8-20-13(16-12)9-3-2-4-10(5-9)14(18)19/h2-8H,1H3,(H,18,19). The Balaban J connectivity index is 1.98. The highest BCUT2D eigenvalue weighted by Crippen LogP contribution is 2.29. The lowest BCUT2D eigenvalue weighted by atomic mass is 10.1. The zero-order chi connectivity index (χ0) is 14.1. The highest BCUT2D eigenvalue weighted by atomic mass is 32.1. The second-order valence-corrected chi connectivity index (χ2v) is 5.18. The van der Waals surface area contributed by atoms with Crippen LogP contribution in [0.1, 0.15) is 10.4 Å². The second kappa shape index (κ2) is 4.90. The Labute approximate surface area is 119 Å². The van der Waals surface area contributed by atoms with Gasteiger partial charge in [-0.05, 0) is 12.1 Å². The van der Waals surface area contributed by atoms with Crippen LogP contribution < -0.4 is 0 Å². The van der Waals surface area contributed by atoms with Gasteiger partial charge < -0.3 is 5.11 Å². The molecule has 0 amide bonds. The molecule has 0 aliphatic heterocycles. The van der Waals surface area contributed by atoms with E-state index < -0.39 is 5.97 Å². The molecule has 2 aromatic heterocycles. The first-order chi connectivity index (χ1) is 9.63. The molecule has 3 aromatic rings. The van der Waals surface area contributed by atoms with Crippen molar-refractivity contribution in [1.29, 1.82) is 0 Å². The van der Waals surface area contributed by atoms with Crippen LogP contribution in [0.4, 0.5) is 0 Å². The summed E-state index contributed by atoms with van der Waals surface area (Å²) in [6.45, 7) is 0. The first kappa shape index (κ1) is 12.6. The average Bonchev–Trinajstić information content (AvgIpc) is 3.07. The average molecular weight is 285 g/mol. The fourth-order valence-electron chi connectivity index (χ4n) is 1.88. The third-order valence-electron chi connectivity index (χ3n) is 2.86. The molecule has 0 fully saturated rings. The Hall–Kier alpha value is -2.47. The Bertz CT molecular complexity index is 776. The predicted molar refractivity (Wildman–Crippen MR) is 76.7 cm³/mol. The van der Waals surface area contributed by atoms with Crippen LogP contribution in [0, 0.1) is 0 Å². The second-order valence-electron chi connectivity index (χ2n) is 4.33. The summed E-state index contributed by atoms with van der Waals surface area (Å²) in [5, 5.41) is 15.9. The molecular weight excluding hydrogens is 274 g/mol. The number of hydrogen-bond donors (Lipinski definition) is 1. The minimum Gasteiger partial charge on any atom is -0.478 e. The Morgan fingerprint density at radius 2 is 2.20 bits per heavy atom. The number of aryl methyl sites for hydroxylation is 1. The molecule has 2 heterocycles. The van der Waals surface area contributed by atoms with Crippen molar-refractivity contribution in [2.24, 2.45) is 7.05 Å². The Morgan fingerprint density at radius 1 is 1.35 bits per heavy atom. The van der Waals surface area contributed by atoms with E-state index >= 15 is 0 Å². The molecule has 0 saturated heterocycles. The summed E-state index contributed by atoms with van der Waals surface area (Å²) in [5.74, 6) is -0.934. The van der Waals surface area contributed by atoms with Gasteiger partial charge in [0.15, 0.2) is 0 Å². The van der Waals surface area contributed by atoms with Crippen LogP contribution in [-0.4, -0.2) is 25.8 Å². The van der Waals surface area contributed by atoms with Gasteiger partial charge in [-0.2, -0.15) is 5.10 Å². The minimum atomic E-state index is -0.934. The molecule has 0 saturated carbocycles. The predicted octanol–water partition coefficient (Wildman–Crippen LogP) is 2.91. The Morgan fingerprint density at radius 3 is 2.90 bits per heavy atom. The Kier molecular flexibility index (Phi) is 3.08. The van der Waals surface area contributed by atoms with E-state index in [2.05, 4.69) is 10.1 Å². The quantitative estimate of drug-likeness (QED) is 0.803. The van der Waals surface area contributed by atoms with Crippen LogP contribution in [0.3, 0.4) is 0 Å². The monoisotopic (exact) mass is 285 g/mol. The van der Waals surface area contributed by atoms with Crippen molar-refractivity contribution in [3.8, 4) is 21.8 Å². The number of thiazole rings is 1. The number of rotatable bonds is 3. The van der Waals surface area contributed by atoms with E-state index in [1.807, 2.05) is 24.7 Å². The lowest BCUT2D eigenvalue weighted by Gasteiger charge is -1.98. The number of benzene rings is 1. The summed E-state index contributed by atoms with van der Waals surface area (Å²) < 4.78 is 1.72. The van der Waals surface area contributed by atoms with E-state index in [1.54, 1.807) is 29.1 Å². The lowest BCUT2D eigenvalue weighted by molar-refractivity contribution is 0.0697. The van der Waals surface area contributed by atoms with Crippen LogP contribution in [-0.2, 0) is 7.05 Å².